The van der Waals surface area contributed by atoms with Crippen molar-refractivity contribution in [2.45, 2.75) is 64.1 Å². The van der Waals surface area contributed by atoms with Gasteiger partial charge in [0.25, 0.3) is 5.91 Å². The molecule has 1 atom stereocenters. The summed E-state index contributed by atoms with van der Waals surface area (Å²) in [4.78, 5) is 16.3. The number of ether oxygens (including phenoxy) is 1. The summed E-state index contributed by atoms with van der Waals surface area (Å²) in [7, 11) is -3.86. The smallest absolute Gasteiger partial charge is 0.261 e. The second-order valence-corrected chi connectivity index (χ2v) is 9.35. The summed E-state index contributed by atoms with van der Waals surface area (Å²) in [6.07, 6.45) is 1.52. The molecule has 32 heavy (non-hydrogen) atoms. The summed E-state index contributed by atoms with van der Waals surface area (Å²) < 4.78 is 33.5. The third kappa shape index (κ3) is 7.56. The molecule has 0 radical (unpaired) electrons. The van der Waals surface area contributed by atoms with Crippen molar-refractivity contribution in [1.29, 1.82) is 0 Å². The van der Waals surface area contributed by atoms with Gasteiger partial charge in [-0.2, -0.15) is 0 Å². The van der Waals surface area contributed by atoms with Crippen molar-refractivity contribution < 1.29 is 23.2 Å². The maximum absolute atomic E-state index is 12.7. The number of nitrogens with one attached hydrogen (secondary N) is 3. The van der Waals surface area contributed by atoms with Gasteiger partial charge in [0.15, 0.2) is 0 Å². The lowest BCUT2D eigenvalue weighted by molar-refractivity contribution is -0.131. The van der Waals surface area contributed by atoms with Crippen LogP contribution in [0.1, 0.15) is 43.6 Å². The predicted molar refractivity (Wildman–Crippen MR) is 121 cm³/mol. The van der Waals surface area contributed by atoms with E-state index < -0.39 is 22.0 Å². The zero-order valence-electron chi connectivity index (χ0n) is 18.9. The number of carbonyl (C=O) groups is 1. The second-order valence-electron chi connectivity index (χ2n) is 7.58. The lowest BCUT2D eigenvalue weighted by atomic mass is 10.1. The van der Waals surface area contributed by atoms with Gasteiger partial charge in [0, 0.05) is 24.0 Å². The van der Waals surface area contributed by atoms with Gasteiger partial charge >= 0.3 is 0 Å². The molecule has 0 aliphatic carbocycles. The van der Waals surface area contributed by atoms with Gasteiger partial charge in [-0.05, 0) is 68.7 Å². The van der Waals surface area contributed by atoms with Crippen LogP contribution in [0.2, 0.25) is 0 Å². The molecule has 0 saturated heterocycles. The van der Waals surface area contributed by atoms with Gasteiger partial charge in [-0.25, -0.2) is 18.6 Å². The van der Waals surface area contributed by atoms with E-state index in [4.69, 9.17) is 9.94 Å². The number of benzene rings is 1. The van der Waals surface area contributed by atoms with Crippen LogP contribution >= 0.6 is 0 Å². The van der Waals surface area contributed by atoms with Gasteiger partial charge in [-0.1, -0.05) is 13.8 Å². The number of amides is 1. The van der Waals surface area contributed by atoms with Gasteiger partial charge < -0.3 is 10.1 Å². The van der Waals surface area contributed by atoms with E-state index in [1.807, 2.05) is 39.8 Å². The first-order valence-electron chi connectivity index (χ1n) is 10.5. The normalized spacial score (nSPS) is 12.6. The number of pyridine rings is 1. The fourth-order valence-electron chi connectivity index (χ4n) is 3.28. The first-order chi connectivity index (χ1) is 15.2. The summed E-state index contributed by atoms with van der Waals surface area (Å²) in [5.41, 5.74) is 4.37. The SMILES string of the molecule is CCC(CC)NC(CNS(=O)(=O)c1ccc(OCc2cc(C)nc(C)c2)cc1)C(=O)NO. The average molecular weight is 465 g/mol. The Kier molecular flexibility index (Phi) is 9.58. The molecule has 1 unspecified atom stereocenters. The number of aryl methyl sites for hydroxylation is 2. The highest BCUT2D eigenvalue weighted by Crippen LogP contribution is 2.18. The first-order valence-corrected chi connectivity index (χ1v) is 12.0. The maximum atomic E-state index is 12.7. The molecule has 176 valence electrons. The number of carbonyl (C=O) groups excluding carboxylic acids is 1. The van der Waals surface area contributed by atoms with Gasteiger partial charge in [-0.15, -0.1) is 0 Å². The minimum Gasteiger partial charge on any atom is -0.489 e. The van der Waals surface area contributed by atoms with E-state index in [9.17, 15) is 13.2 Å². The predicted octanol–water partition coefficient (Wildman–Crippen LogP) is 2.21. The number of hydrogen-bond donors (Lipinski definition) is 4. The summed E-state index contributed by atoms with van der Waals surface area (Å²) in [6, 6.07) is 9.02. The van der Waals surface area contributed by atoms with Crippen molar-refractivity contribution in [3.05, 3.63) is 53.3 Å². The number of nitrogens with zero attached hydrogens (tertiary/aromatic N) is 1. The van der Waals surface area contributed by atoms with Crippen LogP contribution in [0.4, 0.5) is 0 Å². The number of sulfonamides is 1. The van der Waals surface area contributed by atoms with Crippen LogP contribution in [0, 0.1) is 13.8 Å². The molecule has 0 bridgehead atoms. The summed E-state index contributed by atoms with van der Waals surface area (Å²) in [5, 5.41) is 12.0. The van der Waals surface area contributed by atoms with Crippen molar-refractivity contribution >= 4 is 15.9 Å². The Morgan fingerprint density at radius 2 is 1.69 bits per heavy atom. The number of hydroxylamine groups is 1. The molecule has 2 rings (SSSR count). The van der Waals surface area contributed by atoms with Gasteiger partial charge in [0.2, 0.25) is 10.0 Å². The highest BCUT2D eigenvalue weighted by Gasteiger charge is 2.23. The zero-order valence-corrected chi connectivity index (χ0v) is 19.7. The highest BCUT2D eigenvalue weighted by atomic mass is 32.2. The van der Waals surface area contributed by atoms with E-state index in [1.165, 1.54) is 12.1 Å². The molecule has 2 aromatic rings. The molecule has 1 aromatic carbocycles. The van der Waals surface area contributed by atoms with Crippen molar-refractivity contribution in [3.8, 4) is 5.75 Å². The van der Waals surface area contributed by atoms with Crippen molar-refractivity contribution in [3.63, 3.8) is 0 Å². The average Bonchev–Trinajstić information content (AvgIpc) is 2.77. The third-order valence-electron chi connectivity index (χ3n) is 5.01. The monoisotopic (exact) mass is 464 g/mol. The molecule has 4 N–H and O–H groups in total. The Bertz CT molecular complexity index is 972. The van der Waals surface area contributed by atoms with E-state index in [-0.39, 0.29) is 17.5 Å². The Labute approximate surface area is 189 Å². The molecular weight excluding hydrogens is 432 g/mol. The van der Waals surface area contributed by atoms with Crippen LogP contribution in [0.25, 0.3) is 0 Å². The quantitative estimate of drug-likeness (QED) is 0.280. The van der Waals surface area contributed by atoms with Crippen LogP contribution in [-0.2, 0) is 21.4 Å². The Balaban J connectivity index is 2.01. The Morgan fingerprint density at radius 1 is 1.09 bits per heavy atom. The number of rotatable bonds is 12. The molecule has 1 aromatic heterocycles. The maximum Gasteiger partial charge on any atom is 0.261 e. The van der Waals surface area contributed by atoms with Crippen LogP contribution in [0.5, 0.6) is 5.75 Å². The van der Waals surface area contributed by atoms with Crippen LogP contribution in [-0.4, -0.2) is 43.1 Å². The summed E-state index contributed by atoms with van der Waals surface area (Å²) in [5.74, 6) is -0.172. The molecule has 0 spiro atoms. The molecular formula is C22H32N4O5S. The fraction of sp³-hybridized carbons (Fsp3) is 0.455. The standard InChI is InChI=1S/C22H32N4O5S/c1-5-18(6-2)25-21(22(27)26-28)13-23-32(29,30)20-9-7-19(8-10-20)31-14-17-11-15(3)24-16(4)12-17/h7-12,18,21,23,25,28H,5-6,13-14H2,1-4H3,(H,26,27). The van der Waals surface area contributed by atoms with E-state index in [2.05, 4.69) is 15.0 Å². The highest BCUT2D eigenvalue weighted by molar-refractivity contribution is 7.89. The lowest BCUT2D eigenvalue weighted by Crippen LogP contribution is -2.53. The molecule has 0 saturated carbocycles. The molecule has 0 aliphatic heterocycles. The van der Waals surface area contributed by atoms with Crippen molar-refractivity contribution in [2.75, 3.05) is 6.54 Å². The van der Waals surface area contributed by atoms with E-state index in [0.717, 1.165) is 29.8 Å². The Morgan fingerprint density at radius 3 is 2.22 bits per heavy atom. The molecule has 10 heteroatoms. The third-order valence-corrected chi connectivity index (χ3v) is 6.45. The van der Waals surface area contributed by atoms with E-state index in [1.54, 1.807) is 17.6 Å². The van der Waals surface area contributed by atoms with Gasteiger partial charge in [0.05, 0.1) is 4.90 Å². The number of hydrogen-bond acceptors (Lipinski definition) is 7. The molecule has 9 nitrogen and oxygen atoms in total. The minimum absolute atomic E-state index is 0.0196. The molecule has 1 amide bonds. The minimum atomic E-state index is -3.86. The summed E-state index contributed by atoms with van der Waals surface area (Å²) >= 11 is 0. The van der Waals surface area contributed by atoms with Crippen molar-refractivity contribution in [1.82, 2.24) is 20.5 Å². The first kappa shape index (κ1) is 25.7. The van der Waals surface area contributed by atoms with Crippen LogP contribution < -0.4 is 20.3 Å². The van der Waals surface area contributed by atoms with Crippen molar-refractivity contribution in [2.24, 2.45) is 0 Å². The number of aromatic nitrogens is 1. The Hall–Kier alpha value is -2.53. The molecule has 0 fully saturated rings. The molecule has 1 heterocycles. The van der Waals surface area contributed by atoms with Crippen LogP contribution in [0.3, 0.4) is 0 Å². The largest absolute Gasteiger partial charge is 0.489 e. The van der Waals surface area contributed by atoms with E-state index >= 15 is 0 Å². The molecule has 0 aliphatic rings. The summed E-state index contributed by atoms with van der Waals surface area (Å²) in [6.45, 7) is 7.88. The fourth-order valence-corrected chi connectivity index (χ4v) is 4.32. The second kappa shape index (κ2) is 11.9. The van der Waals surface area contributed by atoms with E-state index in [0.29, 0.717) is 12.4 Å². The van der Waals surface area contributed by atoms with Crippen LogP contribution in [0.15, 0.2) is 41.3 Å². The van der Waals surface area contributed by atoms with Gasteiger partial charge in [-0.3, -0.25) is 15.0 Å². The topological polar surface area (TPSA) is 130 Å². The van der Waals surface area contributed by atoms with Gasteiger partial charge in [0.1, 0.15) is 18.4 Å². The zero-order chi connectivity index (χ0) is 23.7. The lowest BCUT2D eigenvalue weighted by Gasteiger charge is -2.23.